The maximum atomic E-state index is 10.5. The third-order valence-electron chi connectivity index (χ3n) is 2.02. The van der Waals surface area contributed by atoms with E-state index in [1.807, 2.05) is 6.07 Å². The van der Waals surface area contributed by atoms with E-state index in [9.17, 15) is 14.9 Å². The molecule has 1 aromatic carbocycles. The SMILES string of the molecule is N#Cc1cc([N+](=O)[O-])ccc1NCCC(N)=O. The Hall–Kier alpha value is -2.62. The maximum Gasteiger partial charge on any atom is 0.270 e. The molecule has 88 valence electrons. The van der Waals surface area contributed by atoms with Crippen LogP contribution in [0.15, 0.2) is 18.2 Å². The predicted octanol–water partition coefficient (Wildman–Crippen LogP) is 0.754. The van der Waals surface area contributed by atoms with Crippen LogP contribution in [-0.2, 0) is 4.79 Å². The number of benzene rings is 1. The Balaban J connectivity index is 2.83. The molecule has 0 fully saturated rings. The lowest BCUT2D eigenvalue weighted by molar-refractivity contribution is -0.384. The summed E-state index contributed by atoms with van der Waals surface area (Å²) in [7, 11) is 0. The summed E-state index contributed by atoms with van der Waals surface area (Å²) in [5.41, 5.74) is 5.41. The number of nitro groups is 1. The second kappa shape index (κ2) is 5.46. The van der Waals surface area contributed by atoms with Crippen LogP contribution >= 0.6 is 0 Å². The van der Waals surface area contributed by atoms with Gasteiger partial charge in [-0.2, -0.15) is 5.26 Å². The molecule has 7 heteroatoms. The number of nitriles is 1. The predicted molar refractivity (Wildman–Crippen MR) is 60.1 cm³/mol. The molecule has 0 unspecified atom stereocenters. The summed E-state index contributed by atoms with van der Waals surface area (Å²) >= 11 is 0. The van der Waals surface area contributed by atoms with Crippen molar-refractivity contribution in [3.05, 3.63) is 33.9 Å². The molecular formula is C10H10N4O3. The van der Waals surface area contributed by atoms with Crippen LogP contribution in [0.2, 0.25) is 0 Å². The van der Waals surface area contributed by atoms with Gasteiger partial charge in [-0.3, -0.25) is 14.9 Å². The first-order valence-electron chi connectivity index (χ1n) is 4.75. The first-order valence-corrected chi connectivity index (χ1v) is 4.75. The smallest absolute Gasteiger partial charge is 0.270 e. The van der Waals surface area contributed by atoms with Crippen LogP contribution in [0.4, 0.5) is 11.4 Å². The summed E-state index contributed by atoms with van der Waals surface area (Å²) < 4.78 is 0. The zero-order valence-corrected chi connectivity index (χ0v) is 8.84. The Morgan fingerprint density at radius 1 is 1.59 bits per heavy atom. The Kier molecular flexibility index (Phi) is 4.00. The molecular weight excluding hydrogens is 224 g/mol. The van der Waals surface area contributed by atoms with Crippen LogP contribution in [0.3, 0.4) is 0 Å². The van der Waals surface area contributed by atoms with Gasteiger partial charge < -0.3 is 11.1 Å². The number of rotatable bonds is 5. The molecule has 0 aliphatic carbocycles. The maximum absolute atomic E-state index is 10.5. The molecule has 1 rings (SSSR count). The Labute approximate surface area is 97.0 Å². The minimum atomic E-state index is -0.575. The Morgan fingerprint density at radius 3 is 2.82 bits per heavy atom. The van der Waals surface area contributed by atoms with Crippen molar-refractivity contribution in [1.82, 2.24) is 0 Å². The number of anilines is 1. The highest BCUT2D eigenvalue weighted by molar-refractivity contribution is 5.74. The highest BCUT2D eigenvalue weighted by Crippen LogP contribution is 2.21. The highest BCUT2D eigenvalue weighted by atomic mass is 16.6. The third-order valence-corrected chi connectivity index (χ3v) is 2.02. The molecule has 1 amide bonds. The number of nitro benzene ring substituents is 1. The second-order valence-electron chi connectivity index (χ2n) is 3.24. The average molecular weight is 234 g/mol. The molecule has 0 aliphatic heterocycles. The van der Waals surface area contributed by atoms with Gasteiger partial charge in [0.05, 0.1) is 16.2 Å². The van der Waals surface area contributed by atoms with Crippen LogP contribution in [0.1, 0.15) is 12.0 Å². The van der Waals surface area contributed by atoms with Crippen LogP contribution in [0.5, 0.6) is 0 Å². The number of carbonyl (C=O) groups excluding carboxylic acids is 1. The van der Waals surface area contributed by atoms with Crippen molar-refractivity contribution in [2.75, 3.05) is 11.9 Å². The van der Waals surface area contributed by atoms with E-state index < -0.39 is 10.8 Å². The molecule has 0 spiro atoms. The zero-order valence-electron chi connectivity index (χ0n) is 8.84. The van der Waals surface area contributed by atoms with E-state index in [0.717, 1.165) is 0 Å². The quantitative estimate of drug-likeness (QED) is 0.575. The third kappa shape index (κ3) is 3.46. The molecule has 17 heavy (non-hydrogen) atoms. The number of non-ortho nitro benzene ring substituents is 1. The Bertz CT molecular complexity index is 493. The van der Waals surface area contributed by atoms with Gasteiger partial charge in [-0.1, -0.05) is 0 Å². The van der Waals surface area contributed by atoms with E-state index in [1.165, 1.54) is 18.2 Å². The summed E-state index contributed by atoms with van der Waals surface area (Å²) in [6.07, 6.45) is 0.127. The van der Waals surface area contributed by atoms with Gasteiger partial charge in [0.25, 0.3) is 5.69 Å². The number of amides is 1. The van der Waals surface area contributed by atoms with Gasteiger partial charge in [-0.15, -0.1) is 0 Å². The van der Waals surface area contributed by atoms with Gasteiger partial charge in [0.15, 0.2) is 0 Å². The molecule has 0 saturated heterocycles. The lowest BCUT2D eigenvalue weighted by Gasteiger charge is -2.06. The molecule has 7 nitrogen and oxygen atoms in total. The van der Waals surface area contributed by atoms with Crippen molar-refractivity contribution < 1.29 is 9.72 Å². The zero-order chi connectivity index (χ0) is 12.8. The van der Waals surface area contributed by atoms with Crippen molar-refractivity contribution in [2.24, 2.45) is 5.73 Å². The summed E-state index contributed by atoms with van der Waals surface area (Å²) in [6, 6.07) is 5.73. The second-order valence-corrected chi connectivity index (χ2v) is 3.24. The van der Waals surface area contributed by atoms with Gasteiger partial charge in [0.1, 0.15) is 6.07 Å². The molecule has 0 aromatic heterocycles. The number of nitrogens with zero attached hydrogens (tertiary/aromatic N) is 2. The number of carbonyl (C=O) groups is 1. The number of primary amides is 1. The monoisotopic (exact) mass is 234 g/mol. The molecule has 0 radical (unpaired) electrons. The molecule has 3 N–H and O–H groups in total. The van der Waals surface area contributed by atoms with E-state index >= 15 is 0 Å². The molecule has 0 bridgehead atoms. The van der Waals surface area contributed by atoms with Crippen molar-refractivity contribution >= 4 is 17.3 Å². The summed E-state index contributed by atoms with van der Waals surface area (Å²) in [5, 5.41) is 22.1. The van der Waals surface area contributed by atoms with Crippen molar-refractivity contribution in [3.8, 4) is 6.07 Å². The number of hydrogen-bond donors (Lipinski definition) is 2. The fourth-order valence-corrected chi connectivity index (χ4v) is 1.21. The number of nitrogens with two attached hydrogens (primary N) is 1. The van der Waals surface area contributed by atoms with Gasteiger partial charge in [-0.05, 0) is 6.07 Å². The minimum absolute atomic E-state index is 0.127. The molecule has 0 saturated carbocycles. The molecule has 0 aliphatic rings. The van der Waals surface area contributed by atoms with Crippen LogP contribution in [-0.4, -0.2) is 17.4 Å². The molecule has 1 aromatic rings. The molecule has 0 heterocycles. The van der Waals surface area contributed by atoms with E-state index in [4.69, 9.17) is 11.0 Å². The first kappa shape index (κ1) is 12.4. The van der Waals surface area contributed by atoms with Crippen molar-refractivity contribution in [2.45, 2.75) is 6.42 Å². The van der Waals surface area contributed by atoms with E-state index in [0.29, 0.717) is 5.69 Å². The van der Waals surface area contributed by atoms with Gasteiger partial charge >= 0.3 is 0 Å². The normalized spacial score (nSPS) is 9.35. The van der Waals surface area contributed by atoms with E-state index in [1.54, 1.807) is 0 Å². The van der Waals surface area contributed by atoms with Crippen LogP contribution in [0, 0.1) is 21.4 Å². The average Bonchev–Trinajstić information content (AvgIpc) is 2.28. The summed E-state index contributed by atoms with van der Waals surface area (Å²) in [5.74, 6) is -0.460. The number of nitrogens with one attached hydrogen (secondary N) is 1. The fraction of sp³-hybridized carbons (Fsp3) is 0.200. The van der Waals surface area contributed by atoms with Gasteiger partial charge in [0, 0.05) is 25.1 Å². The summed E-state index contributed by atoms with van der Waals surface area (Å²) in [6.45, 7) is 0.280. The highest BCUT2D eigenvalue weighted by Gasteiger charge is 2.10. The Morgan fingerprint density at radius 2 is 2.29 bits per heavy atom. The lowest BCUT2D eigenvalue weighted by Crippen LogP contribution is -2.16. The largest absolute Gasteiger partial charge is 0.383 e. The van der Waals surface area contributed by atoms with Gasteiger partial charge in [-0.25, -0.2) is 0 Å². The van der Waals surface area contributed by atoms with Gasteiger partial charge in [0.2, 0.25) is 5.91 Å². The lowest BCUT2D eigenvalue weighted by atomic mass is 10.1. The van der Waals surface area contributed by atoms with Crippen LogP contribution < -0.4 is 11.1 Å². The standard InChI is InChI=1S/C10H10N4O3/c11-6-7-5-8(14(16)17)1-2-9(7)13-4-3-10(12)15/h1-2,5,13H,3-4H2,(H2,12,15). The van der Waals surface area contributed by atoms with E-state index in [-0.39, 0.29) is 24.2 Å². The topological polar surface area (TPSA) is 122 Å². The first-order chi connectivity index (χ1) is 8.04. The van der Waals surface area contributed by atoms with Crippen molar-refractivity contribution in [3.63, 3.8) is 0 Å². The summed E-state index contributed by atoms with van der Waals surface area (Å²) in [4.78, 5) is 20.4. The fourth-order valence-electron chi connectivity index (χ4n) is 1.21. The molecule has 0 atom stereocenters. The minimum Gasteiger partial charge on any atom is -0.383 e. The van der Waals surface area contributed by atoms with E-state index in [2.05, 4.69) is 5.32 Å². The van der Waals surface area contributed by atoms with Crippen molar-refractivity contribution in [1.29, 1.82) is 5.26 Å². The van der Waals surface area contributed by atoms with Crippen LogP contribution in [0.25, 0.3) is 0 Å². The number of hydrogen-bond acceptors (Lipinski definition) is 5.